The number of nitrogens with zero attached hydrogens (tertiary/aromatic N) is 2. The van der Waals surface area contributed by atoms with Crippen LogP contribution in [0.1, 0.15) is 0 Å². The Morgan fingerprint density at radius 3 is 2.67 bits per heavy atom. The van der Waals surface area contributed by atoms with Gasteiger partial charge in [-0.1, -0.05) is 12.1 Å². The van der Waals surface area contributed by atoms with Crippen LogP contribution >= 0.6 is 0 Å². The molecule has 0 bridgehead atoms. The molecule has 3 radical (unpaired) electrons. The minimum absolute atomic E-state index is 0. The Morgan fingerprint density at radius 1 is 1.20 bits per heavy atom. The normalized spacial score (nSPS) is 11.1. The smallest absolute Gasteiger partial charge is 0.623 e. The van der Waals surface area contributed by atoms with Crippen LogP contribution in [0.5, 0.6) is 0 Å². The summed E-state index contributed by atoms with van der Waals surface area (Å²) in [5.41, 5.74) is 0.432. The van der Waals surface area contributed by atoms with Gasteiger partial charge in [0, 0.05) is 38.4 Å². The fraction of sp³-hybridized carbons (Fsp3) is 0. The number of hydrogen-bond donors (Lipinski definition) is 0. The van der Waals surface area contributed by atoms with Gasteiger partial charge in [-0.25, -0.2) is 0 Å². The van der Waals surface area contributed by atoms with E-state index < -0.39 is 0 Å². The van der Waals surface area contributed by atoms with Crippen molar-refractivity contribution in [2.75, 3.05) is 0 Å². The van der Waals surface area contributed by atoms with Crippen LogP contribution in [0.15, 0.2) is 41.5 Å². The van der Waals surface area contributed by atoms with Crippen LogP contribution in [0.2, 0.25) is 0 Å². The van der Waals surface area contributed by atoms with Gasteiger partial charge >= 0.3 is 7.98 Å². The Bertz CT molecular complexity index is 498. The summed E-state index contributed by atoms with van der Waals surface area (Å²) in [5.74, 6) is 0. The molecule has 2 rings (SSSR count). The molecule has 0 aliphatic heterocycles. The zero-order chi connectivity index (χ0) is 9.97. The Hall–Kier alpha value is -0.731. The van der Waals surface area contributed by atoms with Crippen LogP contribution in [-0.2, 0) is 32.7 Å². The summed E-state index contributed by atoms with van der Waals surface area (Å²) in [6.45, 7) is 0. The number of benzene rings is 2. The summed E-state index contributed by atoms with van der Waals surface area (Å²) in [6, 6.07) is 14.2. The topological polar surface area (TPSA) is 38.4 Å². The molecule has 0 saturated carbocycles. The first-order chi connectivity index (χ1) is 6.75. The number of rotatable bonds is 1. The van der Waals surface area contributed by atoms with Crippen molar-refractivity contribution in [3.05, 3.63) is 47.7 Å². The van der Waals surface area contributed by atoms with Crippen molar-refractivity contribution in [3.8, 4) is 0 Å². The SMILES string of the molecule is [B][N+]([O-])=Nc1[c-]c2ccccc2cc1.[Y]. The molecule has 2 aromatic carbocycles. The molecule has 3 nitrogen and oxygen atoms in total. The fourth-order valence-corrected chi connectivity index (χ4v) is 1.27. The molecular formula is C10H6BN2OY-. The quantitative estimate of drug-likeness (QED) is 0.339. The summed E-state index contributed by atoms with van der Waals surface area (Å²) >= 11 is 0. The fourth-order valence-electron chi connectivity index (χ4n) is 1.27. The third kappa shape index (κ3) is 3.11. The maximum Gasteiger partial charge on any atom is 0.623 e. The predicted octanol–water partition coefficient (Wildman–Crippen LogP) is 2.31. The molecule has 2 aromatic rings. The third-order valence-electron chi connectivity index (χ3n) is 1.85. The van der Waals surface area contributed by atoms with E-state index in [0.29, 0.717) is 5.69 Å². The van der Waals surface area contributed by atoms with Crippen LogP contribution in [0.3, 0.4) is 0 Å². The van der Waals surface area contributed by atoms with Gasteiger partial charge in [0.15, 0.2) is 0 Å². The molecule has 0 N–H and O–H groups in total. The molecule has 0 saturated heterocycles. The Labute approximate surface area is 114 Å². The van der Waals surface area contributed by atoms with Crippen LogP contribution in [-0.4, -0.2) is 12.8 Å². The summed E-state index contributed by atoms with van der Waals surface area (Å²) in [5, 5.41) is 15.9. The molecule has 5 heteroatoms. The third-order valence-corrected chi connectivity index (χ3v) is 1.85. The largest absolute Gasteiger partial charge is 0.625 e. The van der Waals surface area contributed by atoms with Gasteiger partial charge in [0.05, 0.1) is 0 Å². The minimum Gasteiger partial charge on any atom is -0.625 e. The maximum atomic E-state index is 10.5. The Morgan fingerprint density at radius 2 is 1.93 bits per heavy atom. The van der Waals surface area contributed by atoms with Gasteiger partial charge in [-0.05, 0) is 5.11 Å². The molecular weight excluding hydrogens is 264 g/mol. The van der Waals surface area contributed by atoms with E-state index in [1.54, 1.807) is 6.07 Å². The molecule has 69 valence electrons. The van der Waals surface area contributed by atoms with E-state index >= 15 is 0 Å². The zero-order valence-electron chi connectivity index (χ0n) is 7.92. The van der Waals surface area contributed by atoms with Gasteiger partial charge in [-0.15, -0.1) is 41.1 Å². The molecule has 0 fully saturated rings. The van der Waals surface area contributed by atoms with E-state index in [-0.39, 0.29) is 37.5 Å². The molecule has 0 aliphatic rings. The van der Waals surface area contributed by atoms with Crippen molar-refractivity contribution < 1.29 is 37.5 Å². The number of fused-ring (bicyclic) bond motifs is 1. The van der Waals surface area contributed by atoms with Gasteiger partial charge in [-0.2, -0.15) is 4.77 Å². The molecule has 15 heavy (non-hydrogen) atoms. The molecule has 0 aromatic heterocycles. The second-order valence-electron chi connectivity index (χ2n) is 2.83. The molecule has 0 heterocycles. The predicted molar refractivity (Wildman–Crippen MR) is 54.3 cm³/mol. The van der Waals surface area contributed by atoms with E-state index in [2.05, 4.69) is 11.2 Å². The molecule has 0 atom stereocenters. The summed E-state index contributed by atoms with van der Waals surface area (Å²) < 4.78 is 0.0284. The monoisotopic (exact) mass is 270 g/mol. The number of hydrogen-bond acceptors (Lipinski definition) is 2. The molecule has 0 aliphatic carbocycles. The molecule has 0 spiro atoms. The van der Waals surface area contributed by atoms with E-state index in [1.165, 1.54) is 0 Å². The van der Waals surface area contributed by atoms with Gasteiger partial charge in [0.1, 0.15) is 0 Å². The van der Waals surface area contributed by atoms with Crippen LogP contribution < -0.4 is 0 Å². The van der Waals surface area contributed by atoms with Gasteiger partial charge in [0.25, 0.3) is 0 Å². The summed E-state index contributed by atoms with van der Waals surface area (Å²) in [6.07, 6.45) is 0. The van der Waals surface area contributed by atoms with E-state index in [1.807, 2.05) is 30.3 Å². The standard InChI is InChI=1S/C10H6BN2O.Y/c11-13(14)12-10-6-5-8-3-1-2-4-9(8)7-10;/h1-6H;/q-1;. The Kier molecular flexibility index (Phi) is 4.43. The Balaban J connectivity index is 0.00000112. The van der Waals surface area contributed by atoms with E-state index in [4.69, 9.17) is 7.98 Å². The summed E-state index contributed by atoms with van der Waals surface area (Å²) in [4.78, 5) is 0. The van der Waals surface area contributed by atoms with Crippen LogP contribution in [0, 0.1) is 11.3 Å². The van der Waals surface area contributed by atoms with E-state index in [0.717, 1.165) is 10.8 Å². The first-order valence-electron chi connectivity index (χ1n) is 4.10. The van der Waals surface area contributed by atoms with Crippen molar-refractivity contribution in [1.29, 1.82) is 0 Å². The first kappa shape index (κ1) is 12.3. The summed E-state index contributed by atoms with van der Waals surface area (Å²) in [7, 11) is 4.86. The first-order valence-corrected chi connectivity index (χ1v) is 4.10. The second kappa shape index (κ2) is 5.38. The van der Waals surface area contributed by atoms with Crippen LogP contribution in [0.25, 0.3) is 10.8 Å². The minimum atomic E-state index is 0. The molecule has 0 amide bonds. The van der Waals surface area contributed by atoms with Crippen molar-refractivity contribution in [3.63, 3.8) is 0 Å². The average Bonchev–Trinajstić information content (AvgIpc) is 2.17. The van der Waals surface area contributed by atoms with Gasteiger partial charge in [0.2, 0.25) is 0 Å². The molecule has 0 unspecified atom stereocenters. The van der Waals surface area contributed by atoms with Crippen molar-refractivity contribution >= 4 is 24.4 Å². The maximum absolute atomic E-state index is 10.5. The second-order valence-corrected chi connectivity index (χ2v) is 2.83. The van der Waals surface area contributed by atoms with Gasteiger partial charge in [-0.3, -0.25) is 0 Å². The van der Waals surface area contributed by atoms with Crippen molar-refractivity contribution in [1.82, 2.24) is 0 Å². The van der Waals surface area contributed by atoms with E-state index in [9.17, 15) is 5.21 Å². The van der Waals surface area contributed by atoms with Gasteiger partial charge < -0.3 is 5.21 Å². The van der Waals surface area contributed by atoms with Crippen LogP contribution in [0.4, 0.5) is 5.69 Å². The average molecular weight is 270 g/mol. The van der Waals surface area contributed by atoms with Crippen molar-refractivity contribution in [2.45, 2.75) is 0 Å². The zero-order valence-corrected chi connectivity index (χ0v) is 10.8. The van der Waals surface area contributed by atoms with Crippen molar-refractivity contribution in [2.24, 2.45) is 5.11 Å².